The van der Waals surface area contributed by atoms with Gasteiger partial charge < -0.3 is 5.32 Å². The first-order chi connectivity index (χ1) is 10.1. The normalized spacial score (nSPS) is 14.0. The second-order valence-electron chi connectivity index (χ2n) is 4.96. The molecule has 1 aliphatic carbocycles. The zero-order valence-electron chi connectivity index (χ0n) is 11.6. The van der Waals surface area contributed by atoms with Crippen LogP contribution in [0.5, 0.6) is 0 Å². The van der Waals surface area contributed by atoms with E-state index in [2.05, 4.69) is 33.1 Å². The largest absolute Gasteiger partial charge is 0.335 e. The minimum atomic E-state index is -0.403. The molecule has 0 spiro atoms. The van der Waals surface area contributed by atoms with E-state index in [0.29, 0.717) is 13.1 Å². The van der Waals surface area contributed by atoms with E-state index < -0.39 is 6.03 Å². The number of halogens is 1. The molecular weight excluding hydrogens is 354 g/mol. The number of thiophene rings is 1. The van der Waals surface area contributed by atoms with Gasteiger partial charge in [0.15, 0.2) is 0 Å². The Morgan fingerprint density at radius 1 is 1.48 bits per heavy atom. The Kier molecular flexibility index (Phi) is 5.96. The van der Waals surface area contributed by atoms with Crippen molar-refractivity contribution in [2.24, 2.45) is 0 Å². The monoisotopic (exact) mass is 371 g/mol. The molecule has 0 aliphatic heterocycles. The summed E-state index contributed by atoms with van der Waals surface area (Å²) in [5, 5.41) is 5.09. The first-order valence-corrected chi connectivity index (χ1v) is 8.35. The molecule has 0 atom stereocenters. The van der Waals surface area contributed by atoms with Gasteiger partial charge in [-0.15, -0.1) is 17.9 Å². The number of hydrogen-bond acceptors (Lipinski definition) is 4. The van der Waals surface area contributed by atoms with Crippen LogP contribution in [-0.4, -0.2) is 36.0 Å². The zero-order valence-corrected chi connectivity index (χ0v) is 14.0. The van der Waals surface area contributed by atoms with E-state index in [1.807, 2.05) is 17.0 Å². The van der Waals surface area contributed by atoms with Crippen molar-refractivity contribution in [3.8, 4) is 0 Å². The number of imide groups is 1. The fourth-order valence-corrected chi connectivity index (χ4v) is 3.37. The molecule has 7 heteroatoms. The van der Waals surface area contributed by atoms with Crippen LogP contribution in [0.2, 0.25) is 0 Å². The molecular formula is C14H18BrN3O2S. The van der Waals surface area contributed by atoms with Gasteiger partial charge in [0.2, 0.25) is 5.91 Å². The molecule has 0 radical (unpaired) electrons. The first kappa shape index (κ1) is 16.2. The Labute approximate surface area is 136 Å². The van der Waals surface area contributed by atoms with Gasteiger partial charge in [-0.05, 0) is 40.9 Å². The highest BCUT2D eigenvalue weighted by Crippen LogP contribution is 2.23. The van der Waals surface area contributed by atoms with Crippen molar-refractivity contribution >= 4 is 39.2 Å². The quantitative estimate of drug-likeness (QED) is 0.723. The maximum atomic E-state index is 11.9. The third-order valence-electron chi connectivity index (χ3n) is 2.93. The molecule has 1 aliphatic rings. The Morgan fingerprint density at radius 2 is 2.24 bits per heavy atom. The Hall–Kier alpha value is -1.18. The van der Waals surface area contributed by atoms with Gasteiger partial charge in [-0.25, -0.2) is 4.79 Å². The van der Waals surface area contributed by atoms with Crippen molar-refractivity contribution in [2.75, 3.05) is 13.1 Å². The predicted molar refractivity (Wildman–Crippen MR) is 87.2 cm³/mol. The lowest BCUT2D eigenvalue weighted by Crippen LogP contribution is -2.45. The van der Waals surface area contributed by atoms with E-state index >= 15 is 0 Å². The molecule has 1 fully saturated rings. The van der Waals surface area contributed by atoms with Crippen LogP contribution in [0.4, 0.5) is 4.79 Å². The smallest absolute Gasteiger partial charge is 0.321 e. The van der Waals surface area contributed by atoms with Crippen LogP contribution in [-0.2, 0) is 11.3 Å². The molecule has 21 heavy (non-hydrogen) atoms. The van der Waals surface area contributed by atoms with Crippen LogP contribution in [0.1, 0.15) is 17.7 Å². The van der Waals surface area contributed by atoms with Gasteiger partial charge in [-0.2, -0.15) is 0 Å². The van der Waals surface area contributed by atoms with E-state index in [0.717, 1.165) is 21.5 Å². The molecule has 1 saturated carbocycles. The number of rotatable bonds is 7. The first-order valence-electron chi connectivity index (χ1n) is 6.74. The molecule has 1 heterocycles. The number of amides is 3. The molecule has 0 saturated heterocycles. The molecule has 114 valence electrons. The van der Waals surface area contributed by atoms with Gasteiger partial charge in [0.1, 0.15) is 0 Å². The minimum Gasteiger partial charge on any atom is -0.335 e. The summed E-state index contributed by atoms with van der Waals surface area (Å²) < 4.78 is 1.06. The van der Waals surface area contributed by atoms with E-state index in [9.17, 15) is 9.59 Å². The summed E-state index contributed by atoms with van der Waals surface area (Å²) in [4.78, 5) is 26.5. The lowest BCUT2D eigenvalue weighted by atomic mass is 10.3. The molecule has 2 N–H and O–H groups in total. The summed E-state index contributed by atoms with van der Waals surface area (Å²) in [6.45, 7) is 5.11. The maximum Gasteiger partial charge on any atom is 0.321 e. The van der Waals surface area contributed by atoms with Crippen molar-refractivity contribution in [1.29, 1.82) is 0 Å². The second-order valence-corrected chi connectivity index (χ2v) is 7.51. The highest BCUT2D eigenvalue weighted by molar-refractivity contribution is 9.11. The molecule has 3 amide bonds. The lowest BCUT2D eigenvalue weighted by Gasteiger charge is -2.19. The van der Waals surface area contributed by atoms with Gasteiger partial charge in [0.25, 0.3) is 0 Å². The van der Waals surface area contributed by atoms with Crippen molar-refractivity contribution in [2.45, 2.75) is 25.4 Å². The number of nitrogens with zero attached hydrogens (tertiary/aromatic N) is 1. The van der Waals surface area contributed by atoms with Gasteiger partial charge in [-0.3, -0.25) is 15.0 Å². The second kappa shape index (κ2) is 7.72. The molecule has 0 bridgehead atoms. The summed E-state index contributed by atoms with van der Waals surface area (Å²) in [6, 6.07) is 3.84. The molecule has 1 aromatic rings. The summed E-state index contributed by atoms with van der Waals surface area (Å²) in [7, 11) is 0. The van der Waals surface area contributed by atoms with E-state index in [1.54, 1.807) is 17.4 Å². The van der Waals surface area contributed by atoms with Crippen LogP contribution < -0.4 is 10.6 Å². The summed E-state index contributed by atoms with van der Waals surface area (Å²) in [6.07, 6.45) is 3.75. The Balaban J connectivity index is 1.81. The van der Waals surface area contributed by atoms with Gasteiger partial charge in [-0.1, -0.05) is 6.08 Å². The van der Waals surface area contributed by atoms with Crippen molar-refractivity contribution in [1.82, 2.24) is 15.5 Å². The number of nitrogens with one attached hydrogen (secondary N) is 2. The molecule has 5 nitrogen and oxygen atoms in total. The number of hydrogen-bond donors (Lipinski definition) is 2. The fourth-order valence-electron chi connectivity index (χ4n) is 1.84. The zero-order chi connectivity index (χ0) is 15.2. The van der Waals surface area contributed by atoms with Crippen molar-refractivity contribution in [3.63, 3.8) is 0 Å². The SMILES string of the molecule is C=CCN(CC(=O)NC(=O)NC1CC1)Cc1ccc(Br)s1. The van der Waals surface area contributed by atoms with Crippen LogP contribution in [0, 0.1) is 0 Å². The Morgan fingerprint density at radius 3 is 2.81 bits per heavy atom. The maximum absolute atomic E-state index is 11.9. The van der Waals surface area contributed by atoms with Crippen LogP contribution in [0.25, 0.3) is 0 Å². The molecule has 1 aromatic heterocycles. The van der Waals surface area contributed by atoms with E-state index in [4.69, 9.17) is 0 Å². The van der Waals surface area contributed by atoms with E-state index in [-0.39, 0.29) is 18.5 Å². The highest BCUT2D eigenvalue weighted by Gasteiger charge is 2.24. The molecule has 0 aromatic carbocycles. The van der Waals surface area contributed by atoms with Crippen molar-refractivity contribution in [3.05, 3.63) is 33.5 Å². The van der Waals surface area contributed by atoms with Crippen LogP contribution >= 0.6 is 27.3 Å². The molecule has 0 unspecified atom stereocenters. The van der Waals surface area contributed by atoms with E-state index in [1.165, 1.54) is 0 Å². The summed E-state index contributed by atoms with van der Waals surface area (Å²) >= 11 is 5.05. The lowest BCUT2D eigenvalue weighted by molar-refractivity contribution is -0.121. The van der Waals surface area contributed by atoms with Crippen LogP contribution in [0.15, 0.2) is 28.6 Å². The average Bonchev–Trinajstić information content (AvgIpc) is 3.11. The Bertz CT molecular complexity index is 528. The molecule has 2 rings (SSSR count). The fraction of sp³-hybridized carbons (Fsp3) is 0.429. The third kappa shape index (κ3) is 5.99. The van der Waals surface area contributed by atoms with Crippen LogP contribution in [0.3, 0.4) is 0 Å². The number of urea groups is 1. The third-order valence-corrected chi connectivity index (χ3v) is 4.54. The summed E-state index contributed by atoms with van der Waals surface area (Å²) in [5.74, 6) is -0.300. The highest BCUT2D eigenvalue weighted by atomic mass is 79.9. The number of carbonyl (C=O) groups is 2. The van der Waals surface area contributed by atoms with Gasteiger partial charge >= 0.3 is 6.03 Å². The summed E-state index contributed by atoms with van der Waals surface area (Å²) in [5.41, 5.74) is 0. The van der Waals surface area contributed by atoms with Crippen molar-refractivity contribution < 1.29 is 9.59 Å². The van der Waals surface area contributed by atoms with Gasteiger partial charge in [0, 0.05) is 24.0 Å². The standard InChI is InChI=1S/C14H18BrN3O2S/c1-2-7-18(8-11-5-6-12(15)21-11)9-13(19)17-14(20)16-10-3-4-10/h2,5-6,10H,1,3-4,7-9H2,(H2,16,17,19,20). The average molecular weight is 372 g/mol. The topological polar surface area (TPSA) is 61.4 Å². The number of carbonyl (C=O) groups excluding carboxylic acids is 2. The minimum absolute atomic E-state index is 0.166. The van der Waals surface area contributed by atoms with Gasteiger partial charge in [0.05, 0.1) is 10.3 Å². The predicted octanol–water partition coefficient (Wildman–Crippen LogP) is 2.49.